The van der Waals surface area contributed by atoms with Gasteiger partial charge in [0.1, 0.15) is 5.82 Å². The van der Waals surface area contributed by atoms with E-state index in [4.69, 9.17) is 11.6 Å². The number of carbonyl (C=O) groups is 2. The number of thioether (sulfide) groups is 1. The van der Waals surface area contributed by atoms with E-state index < -0.39 is 17.4 Å². The van der Waals surface area contributed by atoms with Crippen LogP contribution in [0.4, 0.5) is 11.5 Å². The lowest BCUT2D eigenvalue weighted by Gasteiger charge is -2.23. The Labute approximate surface area is 187 Å². The fourth-order valence-electron chi connectivity index (χ4n) is 3.38. The number of rotatable bonds is 5. The molecule has 3 aromatic rings. The summed E-state index contributed by atoms with van der Waals surface area (Å²) in [4.78, 5) is 45.0. The summed E-state index contributed by atoms with van der Waals surface area (Å²) in [6.07, 6.45) is -0.149. The molecule has 2 heterocycles. The Kier molecular flexibility index (Phi) is 6.11. The molecule has 7 nitrogen and oxygen atoms in total. The summed E-state index contributed by atoms with van der Waals surface area (Å²) in [5.41, 5.74) is 2.34. The Bertz CT molecular complexity index is 1230. The number of fused-ring (bicyclic) bond motifs is 1. The van der Waals surface area contributed by atoms with Gasteiger partial charge in [0.05, 0.1) is 22.2 Å². The summed E-state index contributed by atoms with van der Waals surface area (Å²) in [5.74, 6) is -1.11. The van der Waals surface area contributed by atoms with E-state index >= 15 is 0 Å². The van der Waals surface area contributed by atoms with E-state index in [1.807, 2.05) is 25.1 Å². The first-order valence-electron chi connectivity index (χ1n) is 9.58. The highest BCUT2D eigenvalue weighted by Crippen LogP contribution is 2.32. The average molecular weight is 455 g/mol. The predicted molar refractivity (Wildman–Crippen MR) is 122 cm³/mol. The van der Waals surface area contributed by atoms with E-state index in [0.717, 1.165) is 11.1 Å². The fourth-order valence-corrected chi connectivity index (χ4v) is 4.37. The van der Waals surface area contributed by atoms with Crippen LogP contribution < -0.4 is 16.2 Å². The standard InChI is InChI=1S/C22H19ClN4O3S/c1-12-5-4-6-13(9-12)11-31-22-26-19-18(21(30)27-22)14(10-17(28)25-19)20(29)24-16-8-3-2-7-15(16)23/h2-9,14H,10-11H2,1H3,(H,24,29)(H2,25,26,27,28,30)/t14-/m1/s1. The Morgan fingerprint density at radius 2 is 2.03 bits per heavy atom. The molecule has 0 aliphatic carbocycles. The van der Waals surface area contributed by atoms with Crippen LogP contribution in [0.5, 0.6) is 0 Å². The molecule has 0 unspecified atom stereocenters. The first-order valence-corrected chi connectivity index (χ1v) is 10.9. The molecule has 0 fully saturated rings. The summed E-state index contributed by atoms with van der Waals surface area (Å²) < 4.78 is 0. The van der Waals surface area contributed by atoms with Gasteiger partial charge in [-0.3, -0.25) is 14.4 Å². The van der Waals surface area contributed by atoms with Crippen LogP contribution in [0.2, 0.25) is 5.02 Å². The van der Waals surface area contributed by atoms with Gasteiger partial charge >= 0.3 is 0 Å². The van der Waals surface area contributed by atoms with Gasteiger partial charge in [0, 0.05) is 12.2 Å². The summed E-state index contributed by atoms with van der Waals surface area (Å²) in [5, 5.41) is 6.06. The monoisotopic (exact) mass is 454 g/mol. The molecule has 4 rings (SSSR count). The summed E-state index contributed by atoms with van der Waals surface area (Å²) in [7, 11) is 0. The van der Waals surface area contributed by atoms with Crippen molar-refractivity contribution >= 4 is 46.7 Å². The Hall–Kier alpha value is -3.10. The number of aromatic amines is 1. The molecule has 9 heteroatoms. The van der Waals surface area contributed by atoms with Crippen LogP contribution in [0.3, 0.4) is 0 Å². The highest BCUT2D eigenvalue weighted by atomic mass is 35.5. The SMILES string of the molecule is Cc1cccc(CSc2nc3c(c(=O)[nH]2)[C@H](C(=O)Nc2ccccc2Cl)CC(=O)N3)c1. The largest absolute Gasteiger partial charge is 0.324 e. The van der Waals surface area contributed by atoms with Crippen LogP contribution in [0.25, 0.3) is 0 Å². The quantitative estimate of drug-likeness (QED) is 0.398. The van der Waals surface area contributed by atoms with Crippen LogP contribution >= 0.6 is 23.4 Å². The number of benzene rings is 2. The van der Waals surface area contributed by atoms with Gasteiger partial charge in [0.25, 0.3) is 5.56 Å². The van der Waals surface area contributed by atoms with Crippen LogP contribution in [-0.2, 0) is 15.3 Å². The Balaban J connectivity index is 1.58. The number of hydrogen-bond donors (Lipinski definition) is 3. The van der Waals surface area contributed by atoms with Gasteiger partial charge in [-0.2, -0.15) is 0 Å². The van der Waals surface area contributed by atoms with Gasteiger partial charge in [-0.15, -0.1) is 0 Å². The molecule has 1 aliphatic heterocycles. The van der Waals surface area contributed by atoms with E-state index in [0.29, 0.717) is 21.6 Å². The third-order valence-corrected chi connectivity index (χ3v) is 6.11. The molecular formula is C22H19ClN4O3S. The van der Waals surface area contributed by atoms with Crippen molar-refractivity contribution in [3.05, 3.63) is 80.6 Å². The second-order valence-electron chi connectivity index (χ2n) is 7.19. The molecule has 2 amide bonds. The van der Waals surface area contributed by atoms with E-state index in [1.165, 1.54) is 11.8 Å². The van der Waals surface area contributed by atoms with Crippen LogP contribution in [-0.4, -0.2) is 21.8 Å². The van der Waals surface area contributed by atoms with Gasteiger partial charge in [-0.1, -0.05) is 65.3 Å². The lowest BCUT2D eigenvalue weighted by atomic mass is 9.92. The normalized spacial score (nSPS) is 15.2. The van der Waals surface area contributed by atoms with Crippen LogP contribution in [0.15, 0.2) is 58.5 Å². The number of halogens is 1. The van der Waals surface area contributed by atoms with Crippen molar-refractivity contribution < 1.29 is 9.59 Å². The summed E-state index contributed by atoms with van der Waals surface area (Å²) in [6, 6.07) is 14.8. The van der Waals surface area contributed by atoms with Crippen molar-refractivity contribution in [1.29, 1.82) is 0 Å². The zero-order chi connectivity index (χ0) is 22.0. The van der Waals surface area contributed by atoms with Crippen molar-refractivity contribution in [2.45, 2.75) is 30.2 Å². The van der Waals surface area contributed by atoms with Crippen molar-refractivity contribution in [3.8, 4) is 0 Å². The fraction of sp³-hybridized carbons (Fsp3) is 0.182. The van der Waals surface area contributed by atoms with Crippen molar-refractivity contribution in [3.63, 3.8) is 0 Å². The number of H-pyrrole nitrogens is 1. The van der Waals surface area contributed by atoms with E-state index in [9.17, 15) is 14.4 Å². The third-order valence-electron chi connectivity index (χ3n) is 4.84. The van der Waals surface area contributed by atoms with Crippen molar-refractivity contribution in [1.82, 2.24) is 9.97 Å². The molecule has 1 aliphatic rings. The molecule has 0 radical (unpaired) electrons. The van der Waals surface area contributed by atoms with Crippen molar-refractivity contribution in [2.75, 3.05) is 10.6 Å². The smallest absolute Gasteiger partial charge is 0.257 e. The van der Waals surface area contributed by atoms with Gasteiger partial charge in [0.15, 0.2) is 5.16 Å². The lowest BCUT2D eigenvalue weighted by molar-refractivity contribution is -0.123. The van der Waals surface area contributed by atoms with E-state index in [1.54, 1.807) is 24.3 Å². The topological polar surface area (TPSA) is 104 Å². The maximum absolute atomic E-state index is 12.9. The maximum Gasteiger partial charge on any atom is 0.257 e. The number of hydrogen-bond acceptors (Lipinski definition) is 5. The van der Waals surface area contributed by atoms with Crippen LogP contribution in [0.1, 0.15) is 29.0 Å². The number of amides is 2. The van der Waals surface area contributed by atoms with E-state index in [-0.39, 0.29) is 23.7 Å². The number of carbonyl (C=O) groups excluding carboxylic acids is 2. The highest BCUT2D eigenvalue weighted by Gasteiger charge is 2.35. The number of nitrogens with one attached hydrogen (secondary N) is 3. The molecule has 0 spiro atoms. The van der Waals surface area contributed by atoms with Crippen LogP contribution in [0, 0.1) is 6.92 Å². The molecule has 158 valence electrons. The molecule has 31 heavy (non-hydrogen) atoms. The molecule has 3 N–H and O–H groups in total. The average Bonchev–Trinajstić information content (AvgIpc) is 2.73. The number of para-hydroxylation sites is 1. The predicted octanol–water partition coefficient (Wildman–Crippen LogP) is 4.09. The molecular weight excluding hydrogens is 436 g/mol. The lowest BCUT2D eigenvalue weighted by Crippen LogP contribution is -2.36. The minimum Gasteiger partial charge on any atom is -0.324 e. The first kappa shape index (κ1) is 21.1. The second kappa shape index (κ2) is 8.95. The number of aromatic nitrogens is 2. The zero-order valence-corrected chi connectivity index (χ0v) is 18.1. The summed E-state index contributed by atoms with van der Waals surface area (Å²) in [6.45, 7) is 2.01. The third kappa shape index (κ3) is 4.81. The Morgan fingerprint density at radius 3 is 2.81 bits per heavy atom. The van der Waals surface area contributed by atoms with Gasteiger partial charge in [0.2, 0.25) is 11.8 Å². The number of aryl methyl sites for hydroxylation is 1. The first-order chi connectivity index (χ1) is 14.9. The zero-order valence-electron chi connectivity index (χ0n) is 16.6. The molecule has 0 saturated heterocycles. The Morgan fingerprint density at radius 1 is 1.23 bits per heavy atom. The minimum absolute atomic E-state index is 0.117. The molecule has 0 bridgehead atoms. The highest BCUT2D eigenvalue weighted by molar-refractivity contribution is 7.98. The van der Waals surface area contributed by atoms with Gasteiger partial charge in [-0.25, -0.2) is 4.98 Å². The number of anilines is 2. The number of nitrogens with zero attached hydrogens (tertiary/aromatic N) is 1. The minimum atomic E-state index is -0.966. The molecule has 0 saturated carbocycles. The second-order valence-corrected chi connectivity index (χ2v) is 8.56. The molecule has 1 atom stereocenters. The molecule has 2 aromatic carbocycles. The summed E-state index contributed by atoms with van der Waals surface area (Å²) >= 11 is 7.45. The van der Waals surface area contributed by atoms with Gasteiger partial charge < -0.3 is 15.6 Å². The van der Waals surface area contributed by atoms with E-state index in [2.05, 4.69) is 26.7 Å². The van der Waals surface area contributed by atoms with Crippen molar-refractivity contribution in [2.24, 2.45) is 0 Å². The maximum atomic E-state index is 12.9. The molecule has 1 aromatic heterocycles. The van der Waals surface area contributed by atoms with Gasteiger partial charge in [-0.05, 0) is 24.6 Å².